The number of amides is 1. The number of ether oxygens (including phenoxy) is 3. The van der Waals surface area contributed by atoms with Gasteiger partial charge in [0.15, 0.2) is 6.10 Å². The summed E-state index contributed by atoms with van der Waals surface area (Å²) in [5.74, 6) is -5.25. The minimum Gasteiger partial charge on any atom is -0.479 e. The molecule has 0 bridgehead atoms. The van der Waals surface area contributed by atoms with Crippen LogP contribution in [-0.2, 0) is 35.0 Å². The van der Waals surface area contributed by atoms with Gasteiger partial charge in [0.2, 0.25) is 5.91 Å². The number of carbonyl (C=O) groups excluding carboxylic acids is 1. The first-order valence-corrected chi connectivity index (χ1v) is 10.6. The Labute approximate surface area is 201 Å². The summed E-state index contributed by atoms with van der Waals surface area (Å²) < 4.78 is 14.9. The molecule has 13 heteroatoms. The van der Waals surface area contributed by atoms with Gasteiger partial charge in [0.05, 0.1) is 18.8 Å². The topological polar surface area (TPSA) is 212 Å². The van der Waals surface area contributed by atoms with Crippen LogP contribution in [0.4, 0.5) is 0 Å². The predicted molar refractivity (Wildman–Crippen MR) is 118 cm³/mol. The maximum atomic E-state index is 11.3. The Morgan fingerprint density at radius 3 is 2.20 bits per heavy atom. The lowest BCUT2D eigenvalue weighted by molar-refractivity contribution is -0.303. The van der Waals surface area contributed by atoms with Crippen molar-refractivity contribution in [3.8, 4) is 0 Å². The third-order valence-corrected chi connectivity index (χ3v) is 5.34. The minimum atomic E-state index is -2.24. The summed E-state index contributed by atoms with van der Waals surface area (Å²) in [6.45, 7) is 0.338. The van der Waals surface area contributed by atoms with E-state index in [1.807, 2.05) is 30.3 Å². The van der Waals surface area contributed by atoms with Crippen LogP contribution >= 0.6 is 0 Å². The van der Waals surface area contributed by atoms with E-state index in [2.05, 4.69) is 5.32 Å². The van der Waals surface area contributed by atoms with E-state index in [0.717, 1.165) is 19.6 Å². The average Bonchev–Trinajstić information content (AvgIpc) is 2.83. The van der Waals surface area contributed by atoms with Crippen LogP contribution in [-0.4, -0.2) is 112 Å². The molecule has 0 aliphatic carbocycles. The van der Waals surface area contributed by atoms with Crippen molar-refractivity contribution >= 4 is 17.8 Å². The second kappa shape index (κ2) is 14.0. The molecule has 0 radical (unpaired) electrons. The van der Waals surface area contributed by atoms with Gasteiger partial charge >= 0.3 is 11.9 Å². The number of aliphatic carboxylic acids is 2. The molecule has 2 rings (SSSR count). The molecule has 1 aromatic rings. The Hall–Kier alpha value is -2.65. The van der Waals surface area contributed by atoms with Crippen LogP contribution in [0.2, 0.25) is 0 Å². The number of carbonyl (C=O) groups is 3. The molecule has 35 heavy (non-hydrogen) atoms. The van der Waals surface area contributed by atoms with Crippen molar-refractivity contribution in [3.63, 3.8) is 0 Å². The lowest BCUT2D eigenvalue weighted by Gasteiger charge is -2.46. The van der Waals surface area contributed by atoms with Gasteiger partial charge in [-0.3, -0.25) is 4.79 Å². The molecular formula is C22H33NO12. The number of carboxylic acid groups (broad SMARTS) is 2. The fraction of sp³-hybridized carbons (Fsp3) is 0.591. The third-order valence-electron chi connectivity index (χ3n) is 5.34. The van der Waals surface area contributed by atoms with E-state index >= 15 is 0 Å². The molecule has 1 fully saturated rings. The molecular weight excluding hydrogens is 470 g/mol. The molecule has 1 saturated heterocycles. The number of aliphatic hydroxyl groups excluding tert-OH is 4. The summed E-state index contributed by atoms with van der Waals surface area (Å²) in [7, 11) is 2.45. The van der Waals surface area contributed by atoms with Gasteiger partial charge < -0.3 is 50.2 Å². The molecule has 198 valence electrons. The van der Waals surface area contributed by atoms with Gasteiger partial charge in [0, 0.05) is 34.0 Å². The van der Waals surface area contributed by atoms with E-state index in [1.54, 1.807) is 0 Å². The second-order valence-corrected chi connectivity index (χ2v) is 7.84. The molecule has 7 atom stereocenters. The summed E-state index contributed by atoms with van der Waals surface area (Å²) in [6, 6.07) is 8.24. The van der Waals surface area contributed by atoms with Crippen molar-refractivity contribution in [3.05, 3.63) is 35.9 Å². The van der Waals surface area contributed by atoms with Crippen molar-refractivity contribution in [2.45, 2.75) is 62.1 Å². The normalized spacial score (nSPS) is 26.4. The van der Waals surface area contributed by atoms with Gasteiger partial charge in [-0.2, -0.15) is 0 Å². The third kappa shape index (κ3) is 8.50. The molecule has 1 amide bonds. The number of hydrogen-bond donors (Lipinski definition) is 7. The molecule has 1 aliphatic rings. The number of hydrogen-bond acceptors (Lipinski definition) is 10. The zero-order chi connectivity index (χ0) is 26.8. The highest BCUT2D eigenvalue weighted by molar-refractivity contribution is 5.76. The molecule has 7 N–H and O–H groups in total. The van der Waals surface area contributed by atoms with Gasteiger partial charge in [-0.25, -0.2) is 9.59 Å². The van der Waals surface area contributed by atoms with Crippen LogP contribution < -0.4 is 5.32 Å². The van der Waals surface area contributed by atoms with Crippen LogP contribution in [0.15, 0.2) is 30.3 Å². The smallest absolute Gasteiger partial charge is 0.364 e. The Morgan fingerprint density at radius 2 is 1.77 bits per heavy atom. The molecule has 4 unspecified atom stereocenters. The fourth-order valence-corrected chi connectivity index (χ4v) is 3.44. The lowest BCUT2D eigenvalue weighted by atomic mass is 9.88. The minimum absolute atomic E-state index is 0.409. The number of rotatable bonds is 10. The molecule has 1 aromatic carbocycles. The SMILES string of the molecule is COC1(C(=O)O)CC(O)C(NC(C)=O)C([C@H](O)[C@H](O)CO)O1.CO[C@@H](Cc1ccccc1)C(=O)O. The molecule has 13 nitrogen and oxygen atoms in total. The molecule has 0 saturated carbocycles. The van der Waals surface area contributed by atoms with Crippen molar-refractivity contribution in [2.75, 3.05) is 20.8 Å². The lowest BCUT2D eigenvalue weighted by Crippen LogP contribution is -2.67. The Bertz CT molecular complexity index is 822. The summed E-state index contributed by atoms with van der Waals surface area (Å²) in [5.41, 5.74) is 0.969. The highest BCUT2D eigenvalue weighted by Gasteiger charge is 2.55. The summed E-state index contributed by atoms with van der Waals surface area (Å²) in [6.07, 6.45) is -7.18. The van der Waals surface area contributed by atoms with E-state index in [9.17, 15) is 34.8 Å². The van der Waals surface area contributed by atoms with Crippen molar-refractivity contribution in [1.82, 2.24) is 5.32 Å². The highest BCUT2D eigenvalue weighted by Crippen LogP contribution is 2.32. The van der Waals surface area contributed by atoms with E-state index in [-0.39, 0.29) is 0 Å². The van der Waals surface area contributed by atoms with Crippen LogP contribution in [0.5, 0.6) is 0 Å². The molecule has 0 aromatic heterocycles. The van der Waals surface area contributed by atoms with Gasteiger partial charge in [-0.15, -0.1) is 0 Å². The van der Waals surface area contributed by atoms with Crippen molar-refractivity contribution in [1.29, 1.82) is 0 Å². The summed E-state index contributed by atoms with van der Waals surface area (Å²) in [4.78, 5) is 33.2. The quantitative estimate of drug-likeness (QED) is 0.187. The Kier molecular flexibility index (Phi) is 12.2. The van der Waals surface area contributed by atoms with Gasteiger partial charge in [-0.1, -0.05) is 30.3 Å². The predicted octanol–water partition coefficient (Wildman–Crippen LogP) is -1.89. The number of carboxylic acids is 2. The average molecular weight is 504 g/mol. The number of nitrogens with one attached hydrogen (secondary N) is 1. The highest BCUT2D eigenvalue weighted by atomic mass is 16.7. The maximum absolute atomic E-state index is 11.3. The van der Waals surface area contributed by atoms with Crippen molar-refractivity contribution < 1.29 is 59.2 Å². The van der Waals surface area contributed by atoms with Gasteiger partial charge in [0.1, 0.15) is 18.3 Å². The molecule has 0 spiro atoms. The standard InChI is InChI=1S/C12H21NO9.C10H12O3/c1-5(15)13-8-6(16)3-12(21-2,11(19)20)22-10(8)9(18)7(17)4-14;1-13-9(10(11)12)7-8-5-3-2-4-6-8/h6-10,14,16-18H,3-4H2,1-2H3,(H,13,15)(H,19,20);2-6,9H,7H2,1H3,(H,11,12)/t6?,7-,8?,9-,10?,12?;9-/m10/s1. The zero-order valence-corrected chi connectivity index (χ0v) is 19.6. The van der Waals surface area contributed by atoms with E-state index in [4.69, 9.17) is 24.4 Å². The first-order chi connectivity index (χ1) is 16.4. The van der Waals surface area contributed by atoms with E-state index in [0.29, 0.717) is 6.42 Å². The van der Waals surface area contributed by atoms with Gasteiger partial charge in [-0.05, 0) is 5.56 Å². The van der Waals surface area contributed by atoms with Crippen molar-refractivity contribution in [2.24, 2.45) is 0 Å². The monoisotopic (exact) mass is 503 g/mol. The van der Waals surface area contributed by atoms with E-state index in [1.165, 1.54) is 7.11 Å². The largest absolute Gasteiger partial charge is 0.479 e. The first kappa shape index (κ1) is 30.4. The maximum Gasteiger partial charge on any atom is 0.364 e. The zero-order valence-electron chi connectivity index (χ0n) is 19.6. The Balaban J connectivity index is 0.000000400. The summed E-state index contributed by atoms with van der Waals surface area (Å²) in [5, 5.41) is 58.8. The number of benzene rings is 1. The second-order valence-electron chi connectivity index (χ2n) is 7.84. The van der Waals surface area contributed by atoms with Crippen LogP contribution in [0.25, 0.3) is 0 Å². The van der Waals surface area contributed by atoms with Gasteiger partial charge in [0.25, 0.3) is 5.79 Å². The number of methoxy groups -OCH3 is 2. The van der Waals surface area contributed by atoms with Crippen LogP contribution in [0, 0.1) is 0 Å². The number of aliphatic hydroxyl groups is 4. The molecule has 1 aliphatic heterocycles. The summed E-state index contributed by atoms with van der Waals surface area (Å²) >= 11 is 0. The van der Waals surface area contributed by atoms with E-state index < -0.39 is 73.2 Å². The van der Waals surface area contributed by atoms with Crippen LogP contribution in [0.3, 0.4) is 0 Å². The Morgan fingerprint density at radius 1 is 1.17 bits per heavy atom. The first-order valence-electron chi connectivity index (χ1n) is 10.6. The molecule has 1 heterocycles. The van der Waals surface area contributed by atoms with Crippen LogP contribution in [0.1, 0.15) is 18.9 Å². The fourth-order valence-electron chi connectivity index (χ4n) is 3.44.